The maximum Gasteiger partial charge on any atom is 0.265 e. The summed E-state index contributed by atoms with van der Waals surface area (Å²) in [7, 11) is -6.62. The van der Waals surface area contributed by atoms with E-state index in [9.17, 15) is 21.6 Å². The van der Waals surface area contributed by atoms with Gasteiger partial charge in [0.25, 0.3) is 26.0 Å². The number of benzene rings is 2. The SMILES string of the molecule is Cc1ccc(NS(=O)(=O)c2cc(C(N)=O)n(C)c2)cc1S(=O)(=O)Nc1ccc(Cl)cc1. The highest BCUT2D eigenvalue weighted by molar-refractivity contribution is 7.93. The molecule has 0 spiro atoms. The number of aryl methyl sites for hydroxylation is 2. The van der Waals surface area contributed by atoms with E-state index in [2.05, 4.69) is 9.44 Å². The minimum Gasteiger partial charge on any atom is -0.364 e. The van der Waals surface area contributed by atoms with E-state index in [1.54, 1.807) is 6.92 Å². The number of hydrogen-bond acceptors (Lipinski definition) is 5. The minimum absolute atomic E-state index is 0.0136. The van der Waals surface area contributed by atoms with Gasteiger partial charge in [0, 0.05) is 24.0 Å². The molecule has 0 saturated heterocycles. The number of aromatic nitrogens is 1. The summed E-state index contributed by atoms with van der Waals surface area (Å²) in [5.74, 6) is -0.777. The molecule has 1 heterocycles. The molecule has 1 aromatic heterocycles. The van der Waals surface area contributed by atoms with Crippen molar-refractivity contribution in [3.05, 3.63) is 71.0 Å². The third-order valence-corrected chi connectivity index (χ3v) is 7.49. The fourth-order valence-electron chi connectivity index (χ4n) is 2.82. The fraction of sp³-hybridized carbons (Fsp3) is 0.105. The van der Waals surface area contributed by atoms with Gasteiger partial charge in [-0.2, -0.15) is 0 Å². The van der Waals surface area contributed by atoms with E-state index in [4.69, 9.17) is 17.3 Å². The van der Waals surface area contributed by atoms with E-state index < -0.39 is 26.0 Å². The zero-order chi connectivity index (χ0) is 23.0. The zero-order valence-corrected chi connectivity index (χ0v) is 18.8. The number of halogens is 1. The summed E-state index contributed by atoms with van der Waals surface area (Å²) >= 11 is 5.82. The highest BCUT2D eigenvalue weighted by Gasteiger charge is 2.22. The maximum atomic E-state index is 12.8. The number of nitrogens with one attached hydrogen (secondary N) is 2. The van der Waals surface area contributed by atoms with Crippen LogP contribution in [0.25, 0.3) is 0 Å². The van der Waals surface area contributed by atoms with Crippen molar-refractivity contribution in [3.8, 4) is 0 Å². The summed E-state index contributed by atoms with van der Waals surface area (Å²) < 4.78 is 57.1. The lowest BCUT2D eigenvalue weighted by Crippen LogP contribution is -2.16. The van der Waals surface area contributed by atoms with Crippen molar-refractivity contribution in [1.29, 1.82) is 0 Å². The molecule has 0 aliphatic carbocycles. The molecule has 0 atom stereocenters. The second-order valence-corrected chi connectivity index (χ2v) is 10.5. The van der Waals surface area contributed by atoms with E-state index in [0.29, 0.717) is 16.3 Å². The quantitative estimate of drug-likeness (QED) is 0.474. The van der Waals surface area contributed by atoms with Gasteiger partial charge in [-0.25, -0.2) is 16.8 Å². The summed E-state index contributed by atoms with van der Waals surface area (Å²) in [6.07, 6.45) is 1.23. The van der Waals surface area contributed by atoms with Crippen LogP contribution in [-0.4, -0.2) is 27.3 Å². The van der Waals surface area contributed by atoms with Crippen LogP contribution < -0.4 is 15.2 Å². The lowest BCUT2D eigenvalue weighted by Gasteiger charge is -2.13. The first-order valence-corrected chi connectivity index (χ1v) is 12.1. The molecule has 0 saturated carbocycles. The average molecular weight is 483 g/mol. The van der Waals surface area contributed by atoms with Crippen LogP contribution >= 0.6 is 11.6 Å². The standard InChI is InChI=1S/C19H19ClN4O5S2/c1-12-3-6-15(23-30(26,27)16-10-17(19(21)25)24(2)11-16)9-18(12)31(28,29)22-14-7-4-13(20)5-8-14/h3-11,22-23H,1-2H3,(H2,21,25). The van der Waals surface area contributed by atoms with Crippen molar-refractivity contribution in [3.63, 3.8) is 0 Å². The predicted octanol–water partition coefficient (Wildman–Crippen LogP) is 2.69. The number of primary amides is 1. The van der Waals surface area contributed by atoms with Gasteiger partial charge in [0.15, 0.2) is 0 Å². The number of sulfonamides is 2. The van der Waals surface area contributed by atoms with E-state index >= 15 is 0 Å². The Morgan fingerprint density at radius 2 is 1.52 bits per heavy atom. The zero-order valence-electron chi connectivity index (χ0n) is 16.5. The van der Waals surface area contributed by atoms with Gasteiger partial charge in [-0.15, -0.1) is 0 Å². The summed E-state index contributed by atoms with van der Waals surface area (Å²) in [6, 6.07) is 11.4. The van der Waals surface area contributed by atoms with Crippen LogP contribution in [-0.2, 0) is 27.1 Å². The maximum absolute atomic E-state index is 12.8. The lowest BCUT2D eigenvalue weighted by atomic mass is 10.2. The molecule has 4 N–H and O–H groups in total. The molecule has 0 radical (unpaired) electrons. The van der Waals surface area contributed by atoms with Crippen LogP contribution in [0.5, 0.6) is 0 Å². The molecule has 0 unspecified atom stereocenters. The largest absolute Gasteiger partial charge is 0.364 e. The van der Waals surface area contributed by atoms with Gasteiger partial charge >= 0.3 is 0 Å². The number of amides is 1. The van der Waals surface area contributed by atoms with Crippen LogP contribution in [0.2, 0.25) is 5.02 Å². The van der Waals surface area contributed by atoms with E-state index in [1.165, 1.54) is 60.3 Å². The van der Waals surface area contributed by atoms with E-state index in [-0.39, 0.29) is 21.2 Å². The predicted molar refractivity (Wildman–Crippen MR) is 118 cm³/mol. The molecule has 0 bridgehead atoms. The molecule has 3 aromatic rings. The second kappa shape index (κ2) is 8.25. The number of hydrogen-bond donors (Lipinski definition) is 3. The average Bonchev–Trinajstić information content (AvgIpc) is 3.08. The lowest BCUT2D eigenvalue weighted by molar-refractivity contribution is 0.0992. The molecule has 0 aliphatic rings. The molecule has 0 fully saturated rings. The summed E-state index contributed by atoms with van der Waals surface area (Å²) in [5, 5.41) is 0.455. The molecule has 12 heteroatoms. The van der Waals surface area contributed by atoms with Crippen LogP contribution in [0.4, 0.5) is 11.4 Å². The molecule has 3 rings (SSSR count). The highest BCUT2D eigenvalue weighted by Crippen LogP contribution is 2.25. The molecule has 9 nitrogen and oxygen atoms in total. The van der Waals surface area contributed by atoms with Crippen molar-refractivity contribution in [1.82, 2.24) is 4.57 Å². The number of carbonyl (C=O) groups is 1. The van der Waals surface area contributed by atoms with Gasteiger partial charge in [0.2, 0.25) is 0 Å². The number of rotatable bonds is 7. The molecule has 1 amide bonds. The van der Waals surface area contributed by atoms with E-state index in [0.717, 1.165) is 6.07 Å². The fourth-order valence-corrected chi connectivity index (χ4v) is 5.40. The molecular weight excluding hydrogens is 464 g/mol. The normalized spacial score (nSPS) is 11.8. The first kappa shape index (κ1) is 22.7. The first-order valence-electron chi connectivity index (χ1n) is 8.77. The topological polar surface area (TPSA) is 140 Å². The first-order chi connectivity index (χ1) is 14.4. The van der Waals surface area contributed by atoms with Crippen molar-refractivity contribution < 1.29 is 21.6 Å². The van der Waals surface area contributed by atoms with Crippen LogP contribution in [0.3, 0.4) is 0 Å². The van der Waals surface area contributed by atoms with Gasteiger partial charge in [0.1, 0.15) is 10.6 Å². The van der Waals surface area contributed by atoms with Crippen molar-refractivity contribution in [2.24, 2.45) is 12.8 Å². The number of nitrogens with zero attached hydrogens (tertiary/aromatic N) is 1. The Bertz CT molecular complexity index is 1360. The van der Waals surface area contributed by atoms with Gasteiger partial charge in [-0.05, 0) is 55.0 Å². The molecule has 164 valence electrons. The van der Waals surface area contributed by atoms with E-state index in [1.807, 2.05) is 0 Å². The van der Waals surface area contributed by atoms with Gasteiger partial charge in [-0.3, -0.25) is 14.2 Å². The van der Waals surface area contributed by atoms with Crippen LogP contribution in [0.15, 0.2) is 64.5 Å². The smallest absolute Gasteiger partial charge is 0.265 e. The second-order valence-electron chi connectivity index (χ2n) is 6.73. The van der Waals surface area contributed by atoms with Crippen molar-refractivity contribution >= 4 is 48.9 Å². The third kappa shape index (κ3) is 5.01. The number of carbonyl (C=O) groups excluding carboxylic acids is 1. The number of anilines is 2. The van der Waals surface area contributed by atoms with Gasteiger partial charge < -0.3 is 10.3 Å². The minimum atomic E-state index is -4.10. The Labute approximate surface area is 184 Å². The van der Waals surface area contributed by atoms with Gasteiger partial charge in [-0.1, -0.05) is 17.7 Å². The van der Waals surface area contributed by atoms with Gasteiger partial charge in [0.05, 0.1) is 10.6 Å². The molecular formula is C19H19ClN4O5S2. The van der Waals surface area contributed by atoms with Crippen LogP contribution in [0.1, 0.15) is 16.1 Å². The summed E-state index contributed by atoms with van der Waals surface area (Å²) in [5.41, 5.74) is 5.99. The van der Waals surface area contributed by atoms with Crippen molar-refractivity contribution in [2.45, 2.75) is 16.7 Å². The monoisotopic (exact) mass is 482 g/mol. The Kier molecular flexibility index (Phi) is 6.03. The summed E-state index contributed by atoms with van der Waals surface area (Å²) in [4.78, 5) is 11.1. The Morgan fingerprint density at radius 1 is 0.935 bits per heavy atom. The third-order valence-electron chi connectivity index (χ3n) is 4.37. The Hall–Kier alpha value is -3.02. The summed E-state index contributed by atoms with van der Waals surface area (Å²) in [6.45, 7) is 1.59. The highest BCUT2D eigenvalue weighted by atomic mass is 35.5. The number of nitrogens with two attached hydrogens (primary N) is 1. The molecule has 31 heavy (non-hydrogen) atoms. The molecule has 0 aliphatic heterocycles. The Balaban J connectivity index is 1.92. The Morgan fingerprint density at radius 3 is 2.10 bits per heavy atom. The molecule has 2 aromatic carbocycles. The van der Waals surface area contributed by atoms with Crippen LogP contribution in [0, 0.1) is 6.92 Å². The van der Waals surface area contributed by atoms with Crippen molar-refractivity contribution in [2.75, 3.05) is 9.44 Å².